The summed E-state index contributed by atoms with van der Waals surface area (Å²) in [7, 11) is -3.77. The third kappa shape index (κ3) is 4.99. The molecule has 0 aromatic heterocycles. The summed E-state index contributed by atoms with van der Waals surface area (Å²) in [5, 5.41) is 8.30. The van der Waals surface area contributed by atoms with E-state index < -0.39 is 10.0 Å². The second-order valence-corrected chi connectivity index (χ2v) is 6.14. The van der Waals surface area contributed by atoms with Crippen LogP contribution in [0.15, 0.2) is 23.1 Å². The molecule has 0 unspecified atom stereocenters. The summed E-state index contributed by atoms with van der Waals surface area (Å²) in [5.74, 6) is 0. The molecule has 0 aliphatic carbocycles. The van der Waals surface area contributed by atoms with Crippen molar-refractivity contribution in [1.29, 1.82) is 0 Å². The van der Waals surface area contributed by atoms with Gasteiger partial charge in [0.05, 0.1) is 5.69 Å². The Bertz CT molecular complexity index is 527. The van der Waals surface area contributed by atoms with Gasteiger partial charge in [-0.25, -0.2) is 13.6 Å². The fraction of sp³-hybridized carbons (Fsp3) is 0.538. The number of hydrogen-bond donors (Lipinski definition) is 3. The number of anilines is 2. The lowest BCUT2D eigenvalue weighted by Gasteiger charge is -2.18. The van der Waals surface area contributed by atoms with Crippen LogP contribution in [0.4, 0.5) is 11.4 Å². The van der Waals surface area contributed by atoms with E-state index in [1.165, 1.54) is 6.07 Å². The summed E-state index contributed by atoms with van der Waals surface area (Å²) in [6, 6.07) is 4.68. The van der Waals surface area contributed by atoms with E-state index in [4.69, 9.17) is 10.9 Å². The molecule has 7 heteroatoms. The highest BCUT2D eigenvalue weighted by atomic mass is 32.2. The van der Waals surface area contributed by atoms with E-state index in [9.17, 15) is 8.42 Å². The predicted octanol–water partition coefficient (Wildman–Crippen LogP) is 1.06. The van der Waals surface area contributed by atoms with Gasteiger partial charge in [0.15, 0.2) is 0 Å². The summed E-state index contributed by atoms with van der Waals surface area (Å²) < 4.78 is 23.0. The maximum atomic E-state index is 11.5. The Balaban J connectivity index is 2.65. The monoisotopic (exact) mass is 300 g/mol. The van der Waals surface area contributed by atoms with Crippen LogP contribution in [-0.4, -0.2) is 39.5 Å². The first-order valence-electron chi connectivity index (χ1n) is 6.77. The van der Waals surface area contributed by atoms with Crippen LogP contribution < -0.4 is 16.2 Å². The van der Waals surface area contributed by atoms with Crippen LogP contribution in [0.25, 0.3) is 0 Å². The molecule has 0 radical (unpaired) electrons. The molecule has 0 saturated carbocycles. The van der Waals surface area contributed by atoms with Gasteiger partial charge in [-0.1, -0.05) is 13.8 Å². The Hall–Kier alpha value is -1.31. The molecular formula is C13H24N4O2S. The highest BCUT2D eigenvalue weighted by Crippen LogP contribution is 2.22. The third-order valence-electron chi connectivity index (χ3n) is 3.17. The Morgan fingerprint density at radius 2 is 1.90 bits per heavy atom. The minimum absolute atomic E-state index is 0.0420. The van der Waals surface area contributed by atoms with Crippen molar-refractivity contribution in [2.75, 3.05) is 37.2 Å². The van der Waals surface area contributed by atoms with Gasteiger partial charge in [0.2, 0.25) is 10.0 Å². The van der Waals surface area contributed by atoms with Crippen molar-refractivity contribution in [2.45, 2.75) is 25.2 Å². The van der Waals surface area contributed by atoms with Crippen LogP contribution in [0.1, 0.15) is 20.3 Å². The number of rotatable bonds is 8. The molecule has 1 rings (SSSR count). The van der Waals surface area contributed by atoms with E-state index in [-0.39, 0.29) is 4.90 Å². The smallest absolute Gasteiger partial charge is 0.240 e. The van der Waals surface area contributed by atoms with Crippen LogP contribution >= 0.6 is 0 Å². The van der Waals surface area contributed by atoms with Crippen LogP contribution in [-0.2, 0) is 10.0 Å². The average molecular weight is 300 g/mol. The van der Waals surface area contributed by atoms with Gasteiger partial charge < -0.3 is 16.0 Å². The normalized spacial score (nSPS) is 11.8. The lowest BCUT2D eigenvalue weighted by molar-refractivity contribution is 0.303. The van der Waals surface area contributed by atoms with E-state index in [1.807, 2.05) is 0 Å². The SMILES string of the molecule is CCN(CC)CCCNc1ccc(N)cc1S(N)(=O)=O. The van der Waals surface area contributed by atoms with Crippen LogP contribution in [0, 0.1) is 0 Å². The standard InChI is InChI=1S/C13H24N4O2S/c1-3-17(4-2)9-5-8-16-12-7-6-11(14)10-13(12)20(15,18)19/h6-7,10,16H,3-5,8-9,14H2,1-2H3,(H2,15,18,19). The van der Waals surface area contributed by atoms with E-state index in [1.54, 1.807) is 12.1 Å². The van der Waals surface area contributed by atoms with Gasteiger partial charge in [0, 0.05) is 12.2 Å². The number of nitrogen functional groups attached to an aromatic ring is 1. The number of sulfonamides is 1. The van der Waals surface area contributed by atoms with Crippen molar-refractivity contribution in [2.24, 2.45) is 5.14 Å². The molecule has 6 nitrogen and oxygen atoms in total. The van der Waals surface area contributed by atoms with Crippen molar-refractivity contribution in [3.05, 3.63) is 18.2 Å². The average Bonchev–Trinajstić information content (AvgIpc) is 2.39. The number of nitrogens with two attached hydrogens (primary N) is 2. The molecule has 0 atom stereocenters. The maximum absolute atomic E-state index is 11.5. The Morgan fingerprint density at radius 1 is 1.25 bits per heavy atom. The molecule has 0 bridgehead atoms. The molecule has 0 aliphatic rings. The summed E-state index contributed by atoms with van der Waals surface area (Å²) in [6.45, 7) is 7.93. The van der Waals surface area contributed by atoms with Crippen LogP contribution in [0.3, 0.4) is 0 Å². The Kier molecular flexibility index (Phi) is 6.25. The summed E-state index contributed by atoms with van der Waals surface area (Å²) in [5.41, 5.74) is 6.48. The zero-order valence-electron chi connectivity index (χ0n) is 12.1. The molecular weight excluding hydrogens is 276 g/mol. The van der Waals surface area contributed by atoms with Gasteiger partial charge in [0.1, 0.15) is 4.90 Å². The molecule has 5 N–H and O–H groups in total. The highest BCUT2D eigenvalue weighted by Gasteiger charge is 2.14. The van der Waals surface area contributed by atoms with Crippen molar-refractivity contribution < 1.29 is 8.42 Å². The summed E-state index contributed by atoms with van der Waals surface area (Å²) in [4.78, 5) is 2.35. The van der Waals surface area contributed by atoms with Gasteiger partial charge in [-0.15, -0.1) is 0 Å². The molecule has 0 saturated heterocycles. The molecule has 1 aromatic rings. The molecule has 0 amide bonds. The van der Waals surface area contributed by atoms with Gasteiger partial charge in [0.25, 0.3) is 0 Å². The molecule has 0 spiro atoms. The second kappa shape index (κ2) is 7.47. The molecule has 1 aromatic carbocycles. The van der Waals surface area contributed by atoms with Gasteiger partial charge in [-0.2, -0.15) is 0 Å². The van der Waals surface area contributed by atoms with Crippen molar-refractivity contribution in [1.82, 2.24) is 4.90 Å². The second-order valence-electron chi connectivity index (χ2n) is 4.61. The fourth-order valence-corrected chi connectivity index (χ4v) is 2.73. The zero-order valence-corrected chi connectivity index (χ0v) is 12.9. The number of primary sulfonamides is 1. The van der Waals surface area contributed by atoms with Gasteiger partial charge >= 0.3 is 0 Å². The Labute approximate surface area is 121 Å². The molecule has 20 heavy (non-hydrogen) atoms. The first-order chi connectivity index (χ1) is 9.38. The summed E-state index contributed by atoms with van der Waals surface area (Å²) in [6.07, 6.45) is 0.927. The number of benzene rings is 1. The number of nitrogens with zero attached hydrogens (tertiary/aromatic N) is 1. The largest absolute Gasteiger partial charge is 0.399 e. The molecule has 0 heterocycles. The van der Waals surface area contributed by atoms with Gasteiger partial charge in [-0.05, 0) is 44.3 Å². The molecule has 0 aliphatic heterocycles. The van der Waals surface area contributed by atoms with Crippen molar-refractivity contribution >= 4 is 21.4 Å². The maximum Gasteiger partial charge on any atom is 0.240 e. The van der Waals surface area contributed by atoms with Crippen LogP contribution in [0.5, 0.6) is 0 Å². The van der Waals surface area contributed by atoms with E-state index in [0.29, 0.717) is 17.9 Å². The quantitative estimate of drug-likeness (QED) is 0.492. The first-order valence-corrected chi connectivity index (χ1v) is 8.31. The number of nitrogens with one attached hydrogen (secondary N) is 1. The van der Waals surface area contributed by atoms with Crippen LogP contribution in [0.2, 0.25) is 0 Å². The zero-order chi connectivity index (χ0) is 15.2. The van der Waals surface area contributed by atoms with E-state index in [2.05, 4.69) is 24.1 Å². The van der Waals surface area contributed by atoms with E-state index in [0.717, 1.165) is 26.1 Å². The predicted molar refractivity (Wildman–Crippen MR) is 83.1 cm³/mol. The molecule has 114 valence electrons. The minimum Gasteiger partial charge on any atom is -0.399 e. The highest BCUT2D eigenvalue weighted by molar-refractivity contribution is 7.89. The minimum atomic E-state index is -3.77. The topological polar surface area (TPSA) is 101 Å². The summed E-state index contributed by atoms with van der Waals surface area (Å²) >= 11 is 0. The van der Waals surface area contributed by atoms with Crippen molar-refractivity contribution in [3.63, 3.8) is 0 Å². The fourth-order valence-electron chi connectivity index (χ4n) is 1.99. The lowest BCUT2D eigenvalue weighted by Crippen LogP contribution is -2.25. The molecule has 0 fully saturated rings. The van der Waals surface area contributed by atoms with E-state index >= 15 is 0 Å². The number of hydrogen-bond acceptors (Lipinski definition) is 5. The van der Waals surface area contributed by atoms with Gasteiger partial charge in [-0.3, -0.25) is 0 Å². The van der Waals surface area contributed by atoms with Crippen molar-refractivity contribution in [3.8, 4) is 0 Å². The third-order valence-corrected chi connectivity index (χ3v) is 4.12. The first kappa shape index (κ1) is 16.7. The lowest BCUT2D eigenvalue weighted by atomic mass is 10.2. The Morgan fingerprint density at radius 3 is 2.45 bits per heavy atom.